The Bertz CT molecular complexity index is 607. The Kier molecular flexibility index (Phi) is 3.29. The lowest BCUT2D eigenvalue weighted by Gasteiger charge is -2.06. The highest BCUT2D eigenvalue weighted by Crippen LogP contribution is 2.26. The molecule has 0 radical (unpaired) electrons. The molecule has 6 heteroatoms. The minimum absolute atomic E-state index is 0.0974. The van der Waals surface area contributed by atoms with Gasteiger partial charge in [0.25, 0.3) is 0 Å². The molecule has 18 heavy (non-hydrogen) atoms. The van der Waals surface area contributed by atoms with Crippen LogP contribution in [0.25, 0.3) is 0 Å². The highest BCUT2D eigenvalue weighted by molar-refractivity contribution is 7.15. The number of nitrogens with one attached hydrogen (secondary N) is 1. The number of pyridine rings is 1. The number of nitrogens with zero attached hydrogens (tertiary/aromatic N) is 2. The van der Waals surface area contributed by atoms with Crippen molar-refractivity contribution >= 4 is 28.1 Å². The molecule has 0 saturated heterocycles. The zero-order valence-electron chi connectivity index (χ0n) is 10.3. The van der Waals surface area contributed by atoms with Gasteiger partial charge in [-0.3, -0.25) is 4.98 Å². The summed E-state index contributed by atoms with van der Waals surface area (Å²) in [5, 5.41) is 12.6. The second-order valence-electron chi connectivity index (χ2n) is 3.94. The van der Waals surface area contributed by atoms with E-state index in [1.54, 1.807) is 6.92 Å². The maximum absolute atomic E-state index is 10.9. The topological polar surface area (TPSA) is 75.1 Å². The van der Waals surface area contributed by atoms with Gasteiger partial charge in [-0.1, -0.05) is 0 Å². The van der Waals surface area contributed by atoms with E-state index in [-0.39, 0.29) is 5.69 Å². The number of anilines is 2. The van der Waals surface area contributed by atoms with Gasteiger partial charge in [0, 0.05) is 10.6 Å². The first-order valence-corrected chi connectivity index (χ1v) is 6.21. The SMILES string of the molecule is Cc1ccc(Nc2nc(C(=O)O)c(C)s2)c(C)n1. The molecular weight excluding hydrogens is 250 g/mol. The molecule has 0 amide bonds. The van der Waals surface area contributed by atoms with Gasteiger partial charge < -0.3 is 10.4 Å². The van der Waals surface area contributed by atoms with E-state index in [2.05, 4.69) is 15.3 Å². The highest BCUT2D eigenvalue weighted by atomic mass is 32.1. The summed E-state index contributed by atoms with van der Waals surface area (Å²) in [7, 11) is 0. The molecule has 2 aromatic rings. The van der Waals surface area contributed by atoms with Crippen LogP contribution < -0.4 is 5.32 Å². The number of carboxylic acid groups (broad SMARTS) is 1. The lowest BCUT2D eigenvalue weighted by molar-refractivity contribution is 0.0690. The fourth-order valence-corrected chi connectivity index (χ4v) is 2.40. The number of aryl methyl sites for hydroxylation is 3. The van der Waals surface area contributed by atoms with E-state index >= 15 is 0 Å². The number of aromatic carboxylic acids is 1. The summed E-state index contributed by atoms with van der Waals surface area (Å²) >= 11 is 1.32. The van der Waals surface area contributed by atoms with Crippen molar-refractivity contribution < 1.29 is 9.90 Å². The second-order valence-corrected chi connectivity index (χ2v) is 5.14. The predicted molar refractivity (Wildman–Crippen MR) is 70.8 cm³/mol. The maximum atomic E-state index is 10.9. The third kappa shape index (κ3) is 2.48. The molecule has 0 atom stereocenters. The van der Waals surface area contributed by atoms with Crippen molar-refractivity contribution in [3.63, 3.8) is 0 Å². The molecular formula is C12H13N3O2S. The van der Waals surface area contributed by atoms with Crippen molar-refractivity contribution in [2.75, 3.05) is 5.32 Å². The average molecular weight is 263 g/mol. The second kappa shape index (κ2) is 4.73. The van der Waals surface area contributed by atoms with Crippen LogP contribution in [0.3, 0.4) is 0 Å². The van der Waals surface area contributed by atoms with Gasteiger partial charge in [0.2, 0.25) is 0 Å². The normalized spacial score (nSPS) is 10.4. The van der Waals surface area contributed by atoms with E-state index < -0.39 is 5.97 Å². The summed E-state index contributed by atoms with van der Waals surface area (Å²) < 4.78 is 0. The van der Waals surface area contributed by atoms with E-state index in [9.17, 15) is 4.79 Å². The van der Waals surface area contributed by atoms with Crippen LogP contribution in [-0.4, -0.2) is 21.0 Å². The molecule has 0 saturated carbocycles. The number of aromatic nitrogens is 2. The van der Waals surface area contributed by atoms with Crippen LogP contribution >= 0.6 is 11.3 Å². The third-order valence-corrected chi connectivity index (χ3v) is 3.35. The van der Waals surface area contributed by atoms with E-state index in [0.717, 1.165) is 17.1 Å². The van der Waals surface area contributed by atoms with Gasteiger partial charge in [0.05, 0.1) is 11.4 Å². The number of hydrogen-bond donors (Lipinski definition) is 2. The van der Waals surface area contributed by atoms with E-state index in [1.807, 2.05) is 26.0 Å². The van der Waals surface area contributed by atoms with Crippen LogP contribution in [0, 0.1) is 20.8 Å². The summed E-state index contributed by atoms with van der Waals surface area (Å²) in [6.45, 7) is 5.56. The van der Waals surface area contributed by atoms with Crippen molar-refractivity contribution in [1.82, 2.24) is 9.97 Å². The summed E-state index contributed by atoms with van der Waals surface area (Å²) in [4.78, 5) is 20.0. The van der Waals surface area contributed by atoms with Crippen LogP contribution in [0.4, 0.5) is 10.8 Å². The van der Waals surface area contributed by atoms with Crippen LogP contribution in [0.1, 0.15) is 26.8 Å². The first kappa shape index (κ1) is 12.5. The minimum Gasteiger partial charge on any atom is -0.476 e. The number of rotatable bonds is 3. The molecule has 0 aliphatic carbocycles. The van der Waals surface area contributed by atoms with Crippen molar-refractivity contribution in [2.45, 2.75) is 20.8 Å². The van der Waals surface area contributed by atoms with Gasteiger partial charge in [-0.15, -0.1) is 11.3 Å². The predicted octanol–water partition coefficient (Wildman–Crippen LogP) is 2.91. The minimum atomic E-state index is -1.00. The lowest BCUT2D eigenvalue weighted by Crippen LogP contribution is -2.00. The first-order chi connectivity index (χ1) is 8.47. The van der Waals surface area contributed by atoms with Crippen molar-refractivity contribution in [2.24, 2.45) is 0 Å². The molecule has 0 unspecified atom stereocenters. The van der Waals surface area contributed by atoms with Gasteiger partial charge in [-0.05, 0) is 32.9 Å². The number of carbonyl (C=O) groups is 1. The molecule has 2 N–H and O–H groups in total. The Hall–Kier alpha value is -1.95. The van der Waals surface area contributed by atoms with E-state index in [1.165, 1.54) is 11.3 Å². The molecule has 0 aromatic carbocycles. The van der Waals surface area contributed by atoms with Crippen LogP contribution in [0.2, 0.25) is 0 Å². The van der Waals surface area contributed by atoms with Gasteiger partial charge >= 0.3 is 5.97 Å². The Morgan fingerprint density at radius 1 is 1.28 bits per heavy atom. The average Bonchev–Trinajstić information content (AvgIpc) is 2.64. The first-order valence-electron chi connectivity index (χ1n) is 5.39. The summed E-state index contributed by atoms with van der Waals surface area (Å²) in [6, 6.07) is 3.81. The quantitative estimate of drug-likeness (QED) is 0.890. The van der Waals surface area contributed by atoms with Gasteiger partial charge in [-0.25, -0.2) is 9.78 Å². The summed E-state index contributed by atoms with van der Waals surface area (Å²) in [5.74, 6) is -1.00. The number of thiazole rings is 1. The Labute approximate surface area is 109 Å². The molecule has 0 aliphatic rings. The molecule has 0 spiro atoms. The zero-order valence-corrected chi connectivity index (χ0v) is 11.1. The van der Waals surface area contributed by atoms with Crippen LogP contribution in [0.5, 0.6) is 0 Å². The lowest BCUT2D eigenvalue weighted by atomic mass is 10.3. The third-order valence-electron chi connectivity index (χ3n) is 2.47. The van der Waals surface area contributed by atoms with Crippen molar-refractivity contribution in [3.8, 4) is 0 Å². The monoisotopic (exact) mass is 263 g/mol. The van der Waals surface area contributed by atoms with Gasteiger partial charge in [-0.2, -0.15) is 0 Å². The van der Waals surface area contributed by atoms with Gasteiger partial charge in [0.15, 0.2) is 10.8 Å². The molecule has 5 nitrogen and oxygen atoms in total. The largest absolute Gasteiger partial charge is 0.476 e. The Balaban J connectivity index is 2.29. The standard InChI is InChI=1S/C12H13N3O2S/c1-6-4-5-9(7(2)13-6)14-12-15-10(11(16)17)8(3)18-12/h4-5H,1-3H3,(H,14,15)(H,16,17). The van der Waals surface area contributed by atoms with Gasteiger partial charge in [0.1, 0.15) is 0 Å². The maximum Gasteiger partial charge on any atom is 0.355 e. The van der Waals surface area contributed by atoms with E-state index in [0.29, 0.717) is 10.0 Å². The summed E-state index contributed by atoms with van der Waals surface area (Å²) in [5.41, 5.74) is 2.74. The van der Waals surface area contributed by atoms with Crippen LogP contribution in [-0.2, 0) is 0 Å². The Morgan fingerprint density at radius 3 is 2.56 bits per heavy atom. The molecule has 94 valence electrons. The molecule has 0 fully saturated rings. The fourth-order valence-electron chi connectivity index (χ4n) is 1.58. The van der Waals surface area contributed by atoms with Crippen molar-refractivity contribution in [1.29, 1.82) is 0 Å². The zero-order chi connectivity index (χ0) is 13.3. The fraction of sp³-hybridized carbons (Fsp3) is 0.250. The molecule has 0 bridgehead atoms. The molecule has 2 rings (SSSR count). The molecule has 2 heterocycles. The Morgan fingerprint density at radius 2 is 2.00 bits per heavy atom. The number of carboxylic acids is 1. The molecule has 0 aliphatic heterocycles. The molecule has 2 aromatic heterocycles. The summed E-state index contributed by atoms with van der Waals surface area (Å²) in [6.07, 6.45) is 0. The highest BCUT2D eigenvalue weighted by Gasteiger charge is 2.14. The van der Waals surface area contributed by atoms with Crippen LogP contribution in [0.15, 0.2) is 12.1 Å². The number of hydrogen-bond acceptors (Lipinski definition) is 5. The smallest absolute Gasteiger partial charge is 0.355 e. The van der Waals surface area contributed by atoms with Crippen molar-refractivity contribution in [3.05, 3.63) is 34.1 Å². The van der Waals surface area contributed by atoms with E-state index in [4.69, 9.17) is 5.11 Å².